The Kier molecular flexibility index (Phi) is 5.37. The predicted octanol–water partition coefficient (Wildman–Crippen LogP) is 3.37. The molecule has 0 spiro atoms. The zero-order chi connectivity index (χ0) is 11.1. The van der Waals surface area contributed by atoms with Gasteiger partial charge >= 0.3 is 5.97 Å². The van der Waals surface area contributed by atoms with Crippen LogP contribution in [0.3, 0.4) is 0 Å². The summed E-state index contributed by atoms with van der Waals surface area (Å²) in [5.74, 6) is -0.838. The van der Waals surface area contributed by atoms with Gasteiger partial charge in [0.25, 0.3) is 0 Å². The van der Waals surface area contributed by atoms with Crippen molar-refractivity contribution in [2.24, 2.45) is 5.92 Å². The summed E-state index contributed by atoms with van der Waals surface area (Å²) >= 11 is 0. The lowest BCUT2D eigenvalue weighted by atomic mass is 10.0. The van der Waals surface area contributed by atoms with Crippen LogP contribution in [0.5, 0.6) is 0 Å². The number of hydrogen-bond donors (Lipinski definition) is 0. The van der Waals surface area contributed by atoms with Gasteiger partial charge in [-0.3, -0.25) is 0 Å². The average molecular weight is 214 g/mol. The Hall–Kier alpha value is -0.860. The monoisotopic (exact) mass is 214 g/mol. The molecule has 0 atom stereocenters. The van der Waals surface area contributed by atoms with Crippen LogP contribution in [0.1, 0.15) is 45.4 Å². The third-order valence-corrected chi connectivity index (χ3v) is 2.84. The molecule has 0 unspecified atom stereocenters. The number of carbonyl (C=O) groups excluding carboxylic acids is 1. The highest BCUT2D eigenvalue weighted by molar-refractivity contribution is 5.85. The van der Waals surface area contributed by atoms with Crippen molar-refractivity contribution < 1.29 is 13.9 Å². The Morgan fingerprint density at radius 3 is 2.73 bits per heavy atom. The second-order valence-electron chi connectivity index (χ2n) is 4.00. The van der Waals surface area contributed by atoms with Gasteiger partial charge in [0.05, 0.1) is 6.61 Å². The topological polar surface area (TPSA) is 26.3 Å². The first-order chi connectivity index (χ1) is 7.24. The van der Waals surface area contributed by atoms with Crippen LogP contribution in [-0.4, -0.2) is 12.6 Å². The van der Waals surface area contributed by atoms with Crippen LogP contribution in [0.25, 0.3) is 0 Å². The lowest BCUT2D eigenvalue weighted by Crippen LogP contribution is -2.04. The van der Waals surface area contributed by atoms with Crippen LogP contribution < -0.4 is 0 Å². The fourth-order valence-electron chi connectivity index (χ4n) is 2.03. The molecule has 0 amide bonds. The normalized spacial score (nSPS) is 18.1. The highest BCUT2D eigenvalue weighted by Crippen LogP contribution is 2.28. The van der Waals surface area contributed by atoms with Gasteiger partial charge < -0.3 is 4.74 Å². The summed E-state index contributed by atoms with van der Waals surface area (Å²) in [5, 5.41) is 0. The van der Waals surface area contributed by atoms with Gasteiger partial charge in [-0.1, -0.05) is 25.7 Å². The van der Waals surface area contributed by atoms with Crippen molar-refractivity contribution >= 4 is 5.97 Å². The molecule has 15 heavy (non-hydrogen) atoms. The fourth-order valence-corrected chi connectivity index (χ4v) is 2.03. The third-order valence-electron chi connectivity index (χ3n) is 2.84. The number of rotatable bonds is 5. The molecule has 1 fully saturated rings. The minimum atomic E-state index is -0.830. The largest absolute Gasteiger partial charge is 0.461 e. The number of halogens is 1. The molecule has 0 radical (unpaired) electrons. The van der Waals surface area contributed by atoms with Crippen LogP contribution >= 0.6 is 0 Å². The summed E-state index contributed by atoms with van der Waals surface area (Å²) in [6, 6.07) is 0. The van der Waals surface area contributed by atoms with Crippen LogP contribution in [-0.2, 0) is 9.53 Å². The maximum absolute atomic E-state index is 13.0. The Morgan fingerprint density at radius 2 is 2.13 bits per heavy atom. The third kappa shape index (κ3) is 4.45. The van der Waals surface area contributed by atoms with E-state index in [1.807, 2.05) is 0 Å². The number of allylic oxidation sites excluding steroid dienone is 1. The van der Waals surface area contributed by atoms with E-state index in [9.17, 15) is 9.18 Å². The van der Waals surface area contributed by atoms with Gasteiger partial charge in [-0.2, -0.15) is 4.39 Å². The molecule has 1 saturated carbocycles. The molecule has 86 valence electrons. The summed E-state index contributed by atoms with van der Waals surface area (Å²) < 4.78 is 17.6. The highest BCUT2D eigenvalue weighted by atomic mass is 19.1. The SMILES string of the molecule is CCOC(=O)/C(F)=C/CCC1CCCC1. The number of carbonyl (C=O) groups is 1. The summed E-state index contributed by atoms with van der Waals surface area (Å²) in [6.07, 6.45) is 8.12. The predicted molar refractivity (Wildman–Crippen MR) is 57.0 cm³/mol. The summed E-state index contributed by atoms with van der Waals surface area (Å²) in [4.78, 5) is 10.9. The van der Waals surface area contributed by atoms with Crippen molar-refractivity contribution in [2.75, 3.05) is 6.61 Å². The molecular weight excluding hydrogens is 195 g/mol. The minimum Gasteiger partial charge on any atom is -0.461 e. The summed E-state index contributed by atoms with van der Waals surface area (Å²) in [6.45, 7) is 1.90. The van der Waals surface area contributed by atoms with Crippen molar-refractivity contribution in [3.63, 3.8) is 0 Å². The highest BCUT2D eigenvalue weighted by Gasteiger charge is 2.14. The Labute approximate surface area is 90.5 Å². The zero-order valence-corrected chi connectivity index (χ0v) is 9.30. The van der Waals surface area contributed by atoms with Crippen molar-refractivity contribution in [3.05, 3.63) is 11.9 Å². The first-order valence-corrected chi connectivity index (χ1v) is 5.76. The maximum atomic E-state index is 13.0. The second-order valence-corrected chi connectivity index (χ2v) is 4.00. The molecule has 1 aliphatic carbocycles. The molecule has 0 aromatic rings. The molecule has 0 aromatic carbocycles. The Morgan fingerprint density at radius 1 is 1.47 bits per heavy atom. The van der Waals surface area contributed by atoms with Gasteiger partial charge in [0.2, 0.25) is 5.83 Å². The van der Waals surface area contributed by atoms with Crippen LogP contribution in [0.2, 0.25) is 0 Å². The summed E-state index contributed by atoms with van der Waals surface area (Å²) in [5.41, 5.74) is 0. The van der Waals surface area contributed by atoms with Crippen molar-refractivity contribution in [3.8, 4) is 0 Å². The standard InChI is InChI=1S/C12H19FO2/c1-2-15-12(14)11(13)9-5-8-10-6-3-4-7-10/h9-10H,2-8H2,1H3/b11-9-. The Balaban J connectivity index is 2.20. The fraction of sp³-hybridized carbons (Fsp3) is 0.750. The molecule has 0 saturated heterocycles. The van der Waals surface area contributed by atoms with Gasteiger partial charge in [0.1, 0.15) is 0 Å². The van der Waals surface area contributed by atoms with E-state index in [1.165, 1.54) is 31.8 Å². The van der Waals surface area contributed by atoms with Gasteiger partial charge in [-0.15, -0.1) is 0 Å². The molecule has 0 heterocycles. The van der Waals surface area contributed by atoms with Crippen molar-refractivity contribution in [2.45, 2.75) is 45.4 Å². The van der Waals surface area contributed by atoms with Crippen LogP contribution in [0.4, 0.5) is 4.39 Å². The van der Waals surface area contributed by atoms with Crippen LogP contribution in [0, 0.1) is 5.92 Å². The van der Waals surface area contributed by atoms with E-state index in [0.29, 0.717) is 6.42 Å². The number of ether oxygens (including phenoxy) is 1. The van der Waals surface area contributed by atoms with Gasteiger partial charge in [-0.25, -0.2) is 4.79 Å². The zero-order valence-electron chi connectivity index (χ0n) is 9.30. The van der Waals surface area contributed by atoms with E-state index >= 15 is 0 Å². The van der Waals surface area contributed by atoms with Gasteiger partial charge in [-0.05, 0) is 31.8 Å². The lowest BCUT2D eigenvalue weighted by Gasteiger charge is -2.05. The maximum Gasteiger partial charge on any atom is 0.366 e. The van der Waals surface area contributed by atoms with Gasteiger partial charge in [0.15, 0.2) is 0 Å². The van der Waals surface area contributed by atoms with E-state index < -0.39 is 11.8 Å². The first-order valence-electron chi connectivity index (χ1n) is 5.76. The smallest absolute Gasteiger partial charge is 0.366 e. The van der Waals surface area contributed by atoms with Crippen molar-refractivity contribution in [1.82, 2.24) is 0 Å². The van der Waals surface area contributed by atoms with Gasteiger partial charge in [0, 0.05) is 0 Å². The molecule has 3 heteroatoms. The van der Waals surface area contributed by atoms with E-state index in [1.54, 1.807) is 6.92 Å². The molecule has 2 nitrogen and oxygen atoms in total. The van der Waals surface area contributed by atoms with Crippen LogP contribution in [0.15, 0.2) is 11.9 Å². The first kappa shape index (κ1) is 12.2. The van der Waals surface area contributed by atoms with E-state index in [-0.39, 0.29) is 6.61 Å². The molecule has 0 aliphatic heterocycles. The number of esters is 1. The van der Waals surface area contributed by atoms with Crippen molar-refractivity contribution in [1.29, 1.82) is 0 Å². The Bertz CT molecular complexity index is 230. The molecule has 1 aliphatic rings. The second kappa shape index (κ2) is 6.59. The average Bonchev–Trinajstić information content (AvgIpc) is 2.71. The molecule has 0 aromatic heterocycles. The lowest BCUT2D eigenvalue weighted by molar-refractivity contribution is -0.140. The van der Waals surface area contributed by atoms with E-state index in [2.05, 4.69) is 4.74 Å². The molecule has 1 rings (SSSR count). The number of hydrogen-bond acceptors (Lipinski definition) is 2. The minimum absolute atomic E-state index is 0.225. The molecule has 0 bridgehead atoms. The van der Waals surface area contributed by atoms with E-state index in [4.69, 9.17) is 0 Å². The quantitative estimate of drug-likeness (QED) is 0.518. The molecule has 0 N–H and O–H groups in total. The van der Waals surface area contributed by atoms with E-state index in [0.717, 1.165) is 12.3 Å². The summed E-state index contributed by atoms with van der Waals surface area (Å²) in [7, 11) is 0. The molecular formula is C12H19FO2.